The summed E-state index contributed by atoms with van der Waals surface area (Å²) < 4.78 is 0. The first-order valence-electron chi connectivity index (χ1n) is 5.34. The summed E-state index contributed by atoms with van der Waals surface area (Å²) in [5.41, 5.74) is 6.49. The van der Waals surface area contributed by atoms with E-state index in [9.17, 15) is 0 Å². The van der Waals surface area contributed by atoms with Gasteiger partial charge in [-0.15, -0.1) is 0 Å². The van der Waals surface area contributed by atoms with Gasteiger partial charge in [0.2, 0.25) is 0 Å². The highest BCUT2D eigenvalue weighted by Gasteiger charge is 2.30. The first-order chi connectivity index (χ1) is 5.56. The zero-order valence-electron chi connectivity index (χ0n) is 8.77. The fraction of sp³-hybridized carbons (Fsp3) is 1.00. The molecule has 1 fully saturated rings. The first-order valence-corrected chi connectivity index (χ1v) is 5.34. The zero-order chi connectivity index (χ0) is 9.19. The molecule has 2 N–H and O–H groups in total. The zero-order valence-corrected chi connectivity index (χ0v) is 8.77. The minimum Gasteiger partial charge on any atom is -0.325 e. The molecule has 0 saturated heterocycles. The molecule has 1 aliphatic rings. The second-order valence-electron chi connectivity index (χ2n) is 4.91. The van der Waals surface area contributed by atoms with Crippen LogP contribution < -0.4 is 5.73 Å². The molecule has 1 saturated carbocycles. The molecule has 1 rings (SSSR count). The number of rotatable bonds is 1. The van der Waals surface area contributed by atoms with Gasteiger partial charge in [0.05, 0.1) is 0 Å². The van der Waals surface area contributed by atoms with E-state index in [2.05, 4.69) is 20.8 Å². The maximum Gasteiger partial charge on any atom is 0.0156 e. The molecule has 1 nitrogen and oxygen atoms in total. The average Bonchev–Trinajstić information content (AvgIpc) is 2.11. The molecular weight excluding hydrogens is 146 g/mol. The van der Waals surface area contributed by atoms with Crippen molar-refractivity contribution in [1.29, 1.82) is 0 Å². The van der Waals surface area contributed by atoms with Gasteiger partial charge in [-0.05, 0) is 31.1 Å². The molecule has 12 heavy (non-hydrogen) atoms. The average molecular weight is 169 g/mol. The lowest BCUT2D eigenvalue weighted by Gasteiger charge is -2.30. The third kappa shape index (κ3) is 2.48. The lowest BCUT2D eigenvalue weighted by atomic mass is 9.83. The smallest absolute Gasteiger partial charge is 0.0156 e. The maximum absolute atomic E-state index is 6.34. The van der Waals surface area contributed by atoms with Gasteiger partial charge in [-0.2, -0.15) is 0 Å². The normalized spacial score (nSPS) is 44.0. The molecule has 0 bridgehead atoms. The van der Waals surface area contributed by atoms with Crippen molar-refractivity contribution in [3.8, 4) is 0 Å². The molecule has 2 atom stereocenters. The topological polar surface area (TPSA) is 26.0 Å². The van der Waals surface area contributed by atoms with Crippen LogP contribution in [0.4, 0.5) is 0 Å². The Balaban J connectivity index is 2.61. The summed E-state index contributed by atoms with van der Waals surface area (Å²) >= 11 is 0. The van der Waals surface area contributed by atoms with Gasteiger partial charge in [0, 0.05) is 5.54 Å². The second kappa shape index (κ2) is 3.78. The Morgan fingerprint density at radius 3 is 1.92 bits per heavy atom. The third-order valence-corrected chi connectivity index (χ3v) is 3.37. The van der Waals surface area contributed by atoms with Gasteiger partial charge < -0.3 is 5.73 Å². The lowest BCUT2D eigenvalue weighted by molar-refractivity contribution is 0.299. The molecule has 0 aliphatic heterocycles. The van der Waals surface area contributed by atoms with Crippen molar-refractivity contribution in [1.82, 2.24) is 0 Å². The van der Waals surface area contributed by atoms with Gasteiger partial charge in [0.1, 0.15) is 0 Å². The number of nitrogens with two attached hydrogens (primary N) is 1. The number of hydrogen-bond donors (Lipinski definition) is 1. The highest BCUT2D eigenvalue weighted by molar-refractivity contribution is 4.88. The Morgan fingerprint density at radius 1 is 1.17 bits per heavy atom. The quantitative estimate of drug-likeness (QED) is 0.600. The van der Waals surface area contributed by atoms with E-state index in [-0.39, 0.29) is 5.54 Å². The van der Waals surface area contributed by atoms with E-state index in [1.54, 1.807) is 0 Å². The monoisotopic (exact) mass is 169 g/mol. The van der Waals surface area contributed by atoms with E-state index in [1.165, 1.54) is 25.7 Å². The van der Waals surface area contributed by atoms with Gasteiger partial charge in [-0.3, -0.25) is 0 Å². The van der Waals surface area contributed by atoms with Crippen LogP contribution in [0.5, 0.6) is 0 Å². The van der Waals surface area contributed by atoms with Crippen molar-refractivity contribution in [2.45, 2.75) is 58.4 Å². The van der Waals surface area contributed by atoms with E-state index >= 15 is 0 Å². The summed E-state index contributed by atoms with van der Waals surface area (Å²) in [5, 5.41) is 0. The van der Waals surface area contributed by atoms with Crippen molar-refractivity contribution in [3.63, 3.8) is 0 Å². The molecule has 0 aromatic carbocycles. The minimum absolute atomic E-state index is 0.148. The maximum atomic E-state index is 6.34. The molecule has 1 heteroatoms. The van der Waals surface area contributed by atoms with Crippen LogP contribution >= 0.6 is 0 Å². The Bertz CT molecular complexity index is 130. The predicted octanol–water partition coefficient (Wildman–Crippen LogP) is 2.94. The van der Waals surface area contributed by atoms with Crippen LogP contribution in [0, 0.1) is 11.8 Å². The van der Waals surface area contributed by atoms with Gasteiger partial charge in [-0.1, -0.05) is 33.6 Å². The summed E-state index contributed by atoms with van der Waals surface area (Å²) in [6.45, 7) is 6.91. The van der Waals surface area contributed by atoms with Crippen LogP contribution in [0.1, 0.15) is 52.9 Å². The Kier molecular flexibility index (Phi) is 3.16. The van der Waals surface area contributed by atoms with E-state index in [4.69, 9.17) is 5.73 Å². The summed E-state index contributed by atoms with van der Waals surface area (Å²) in [5.74, 6) is 1.67. The number of hydrogen-bond acceptors (Lipinski definition) is 1. The minimum atomic E-state index is 0.148. The SMILES string of the molecule is CCC1(N)CC(C)CCC(C)C1. The molecule has 72 valence electrons. The van der Waals surface area contributed by atoms with Crippen LogP contribution in [0.15, 0.2) is 0 Å². The predicted molar refractivity (Wildman–Crippen MR) is 54.0 cm³/mol. The highest BCUT2D eigenvalue weighted by Crippen LogP contribution is 2.34. The van der Waals surface area contributed by atoms with Crippen LogP contribution in [-0.4, -0.2) is 5.54 Å². The van der Waals surface area contributed by atoms with E-state index < -0.39 is 0 Å². The van der Waals surface area contributed by atoms with Crippen LogP contribution in [0.2, 0.25) is 0 Å². The summed E-state index contributed by atoms with van der Waals surface area (Å²) in [4.78, 5) is 0. The standard InChI is InChI=1S/C11H23N/c1-4-11(12)7-9(2)5-6-10(3)8-11/h9-10H,4-8,12H2,1-3H3. The van der Waals surface area contributed by atoms with Gasteiger partial charge in [0.15, 0.2) is 0 Å². The second-order valence-corrected chi connectivity index (χ2v) is 4.91. The molecule has 0 amide bonds. The van der Waals surface area contributed by atoms with Crippen molar-refractivity contribution >= 4 is 0 Å². The fourth-order valence-corrected chi connectivity index (χ4v) is 2.53. The molecule has 0 heterocycles. The van der Waals surface area contributed by atoms with Crippen LogP contribution in [-0.2, 0) is 0 Å². The van der Waals surface area contributed by atoms with Gasteiger partial charge in [0.25, 0.3) is 0 Å². The summed E-state index contributed by atoms with van der Waals surface area (Å²) in [7, 11) is 0. The molecule has 0 aromatic heterocycles. The van der Waals surface area contributed by atoms with Crippen molar-refractivity contribution in [2.24, 2.45) is 17.6 Å². The molecule has 0 spiro atoms. The van der Waals surface area contributed by atoms with E-state index in [0.29, 0.717) is 0 Å². The van der Waals surface area contributed by atoms with Gasteiger partial charge in [-0.25, -0.2) is 0 Å². The fourth-order valence-electron chi connectivity index (χ4n) is 2.53. The largest absolute Gasteiger partial charge is 0.325 e. The summed E-state index contributed by atoms with van der Waals surface area (Å²) in [6, 6.07) is 0. The Labute approximate surface area is 76.7 Å². The van der Waals surface area contributed by atoms with E-state index in [1.807, 2.05) is 0 Å². The Hall–Kier alpha value is -0.0400. The van der Waals surface area contributed by atoms with Crippen molar-refractivity contribution in [3.05, 3.63) is 0 Å². The van der Waals surface area contributed by atoms with Crippen molar-refractivity contribution in [2.75, 3.05) is 0 Å². The molecule has 0 radical (unpaired) electrons. The molecule has 1 aliphatic carbocycles. The van der Waals surface area contributed by atoms with Gasteiger partial charge >= 0.3 is 0 Å². The summed E-state index contributed by atoms with van der Waals surface area (Å²) in [6.07, 6.45) is 6.35. The molecule has 2 unspecified atom stereocenters. The van der Waals surface area contributed by atoms with Crippen LogP contribution in [0.25, 0.3) is 0 Å². The Morgan fingerprint density at radius 2 is 1.58 bits per heavy atom. The molecular formula is C11H23N. The first kappa shape index (κ1) is 10.0. The third-order valence-electron chi connectivity index (χ3n) is 3.37. The van der Waals surface area contributed by atoms with Crippen molar-refractivity contribution < 1.29 is 0 Å². The van der Waals surface area contributed by atoms with E-state index in [0.717, 1.165) is 18.3 Å². The van der Waals surface area contributed by atoms with Crippen LogP contribution in [0.3, 0.4) is 0 Å². The molecule has 0 aromatic rings. The highest BCUT2D eigenvalue weighted by atomic mass is 14.7. The lowest BCUT2D eigenvalue weighted by Crippen LogP contribution is -2.40.